The van der Waals surface area contributed by atoms with Crippen LogP contribution in [0, 0.1) is 0 Å². The monoisotopic (exact) mass is 579 g/mol. The minimum Gasteiger partial charge on any atom is -0.494 e. The molecule has 43 heavy (non-hydrogen) atoms. The Morgan fingerprint density at radius 2 is 1.19 bits per heavy atom. The van der Waals surface area contributed by atoms with E-state index in [2.05, 4.69) is 96.3 Å². The molecule has 0 aliphatic carbocycles. The molecular formula is C38H45NO4. The predicted octanol–water partition coefficient (Wildman–Crippen LogP) is 7.48. The normalized spacial score (nSPS) is 16.7. The van der Waals surface area contributed by atoms with Crippen LogP contribution >= 0.6 is 0 Å². The third-order valence-corrected chi connectivity index (χ3v) is 7.90. The fourth-order valence-electron chi connectivity index (χ4n) is 5.46. The molecule has 1 heterocycles. The van der Waals surface area contributed by atoms with Crippen molar-refractivity contribution in [1.82, 2.24) is 5.32 Å². The molecular weight excluding hydrogens is 534 g/mol. The Bertz CT molecular complexity index is 1300. The predicted molar refractivity (Wildman–Crippen MR) is 172 cm³/mol. The molecule has 1 aliphatic heterocycles. The number of ether oxygens (including phenoxy) is 4. The molecule has 2 unspecified atom stereocenters. The lowest BCUT2D eigenvalue weighted by molar-refractivity contribution is 0.0106. The summed E-state index contributed by atoms with van der Waals surface area (Å²) < 4.78 is 24.1. The highest BCUT2D eigenvalue weighted by Gasteiger charge is 2.27. The van der Waals surface area contributed by atoms with Gasteiger partial charge in [-0.15, -0.1) is 0 Å². The van der Waals surface area contributed by atoms with Gasteiger partial charge in [-0.1, -0.05) is 97.1 Å². The van der Waals surface area contributed by atoms with Crippen LogP contribution in [0.1, 0.15) is 53.0 Å². The number of hydrogen-bond donors (Lipinski definition) is 1. The van der Waals surface area contributed by atoms with E-state index in [-0.39, 0.29) is 6.10 Å². The molecule has 0 aromatic heterocycles. The van der Waals surface area contributed by atoms with E-state index in [1.165, 1.54) is 27.8 Å². The van der Waals surface area contributed by atoms with Gasteiger partial charge in [-0.25, -0.2) is 0 Å². The number of rotatable bonds is 17. The maximum Gasteiger partial charge on any atom is 0.119 e. The van der Waals surface area contributed by atoms with E-state index in [1.807, 2.05) is 18.2 Å². The number of piperidine rings is 1. The van der Waals surface area contributed by atoms with Gasteiger partial charge < -0.3 is 24.3 Å². The zero-order chi connectivity index (χ0) is 29.4. The summed E-state index contributed by atoms with van der Waals surface area (Å²) in [5.74, 6) is 1.27. The molecule has 1 saturated heterocycles. The summed E-state index contributed by atoms with van der Waals surface area (Å²) in [7, 11) is 0. The van der Waals surface area contributed by atoms with Crippen LogP contribution in [-0.4, -0.2) is 39.0 Å². The average molecular weight is 580 g/mol. The van der Waals surface area contributed by atoms with Crippen LogP contribution in [0.25, 0.3) is 0 Å². The molecule has 0 spiro atoms. The molecule has 2 atom stereocenters. The first kappa shape index (κ1) is 31.0. The van der Waals surface area contributed by atoms with Crippen molar-refractivity contribution in [3.63, 3.8) is 0 Å². The lowest BCUT2D eigenvalue weighted by atomic mass is 9.87. The zero-order valence-electron chi connectivity index (χ0n) is 25.2. The quantitative estimate of drug-likeness (QED) is 0.131. The molecule has 4 aromatic carbocycles. The van der Waals surface area contributed by atoms with Gasteiger partial charge in [-0.3, -0.25) is 0 Å². The molecule has 1 aliphatic rings. The Hall–Kier alpha value is -3.48. The van der Waals surface area contributed by atoms with Crippen molar-refractivity contribution in [3.05, 3.63) is 137 Å². The van der Waals surface area contributed by atoms with Crippen molar-refractivity contribution in [2.24, 2.45) is 0 Å². The molecule has 1 N–H and O–H groups in total. The first-order valence-corrected chi connectivity index (χ1v) is 15.7. The van der Waals surface area contributed by atoms with Crippen LogP contribution in [0.4, 0.5) is 0 Å². The molecule has 5 heteroatoms. The van der Waals surface area contributed by atoms with E-state index in [0.29, 0.717) is 39.0 Å². The summed E-state index contributed by atoms with van der Waals surface area (Å²) in [6.45, 7) is 5.87. The Balaban J connectivity index is 0.994. The summed E-state index contributed by atoms with van der Waals surface area (Å²) in [5, 5.41) is 3.51. The van der Waals surface area contributed by atoms with Gasteiger partial charge in [0.1, 0.15) is 5.75 Å². The standard InChI is InChI=1S/C38H45NO4/c1-3-9-31(10-4-1)13-7-24-40-29-33-14-16-34(17-15-33)30-43-38-27-39-23-22-37(38)35-18-20-36(21-19-35)42-26-8-25-41-28-32-11-5-2-6-12-32/h1-6,9-12,14-21,37-39H,7-8,13,22-30H2. The minimum atomic E-state index is 0.134. The first-order chi connectivity index (χ1) is 21.3. The summed E-state index contributed by atoms with van der Waals surface area (Å²) in [6.07, 6.45) is 4.14. The van der Waals surface area contributed by atoms with Crippen molar-refractivity contribution in [3.8, 4) is 5.75 Å². The molecule has 226 valence electrons. The van der Waals surface area contributed by atoms with Crippen LogP contribution in [-0.2, 0) is 40.5 Å². The number of nitrogens with one attached hydrogen (secondary N) is 1. The van der Waals surface area contributed by atoms with E-state index in [1.54, 1.807) is 0 Å². The number of aryl methyl sites for hydroxylation is 1. The third kappa shape index (κ3) is 10.6. The van der Waals surface area contributed by atoms with Gasteiger partial charge in [0, 0.05) is 25.5 Å². The van der Waals surface area contributed by atoms with Gasteiger partial charge in [0.15, 0.2) is 0 Å². The Labute approximate surface area is 257 Å². The van der Waals surface area contributed by atoms with E-state index >= 15 is 0 Å². The van der Waals surface area contributed by atoms with Gasteiger partial charge in [-0.05, 0) is 65.8 Å². The highest BCUT2D eigenvalue weighted by Crippen LogP contribution is 2.30. The molecule has 5 rings (SSSR count). The SMILES string of the molecule is c1ccc(CCCOCc2ccc(COC3CNCCC3c3ccc(OCCCOCc4ccccc4)cc3)cc2)cc1. The second kappa shape index (κ2) is 17.6. The largest absolute Gasteiger partial charge is 0.494 e. The first-order valence-electron chi connectivity index (χ1n) is 15.7. The lowest BCUT2D eigenvalue weighted by Gasteiger charge is -2.32. The van der Waals surface area contributed by atoms with Gasteiger partial charge in [0.2, 0.25) is 0 Å². The molecule has 4 aromatic rings. The molecule has 5 nitrogen and oxygen atoms in total. The van der Waals surface area contributed by atoms with Crippen molar-refractivity contribution >= 4 is 0 Å². The second-order valence-corrected chi connectivity index (χ2v) is 11.2. The summed E-state index contributed by atoms with van der Waals surface area (Å²) in [4.78, 5) is 0. The third-order valence-electron chi connectivity index (χ3n) is 7.90. The maximum atomic E-state index is 6.46. The average Bonchev–Trinajstić information content (AvgIpc) is 3.07. The highest BCUT2D eigenvalue weighted by atomic mass is 16.5. The fraction of sp³-hybridized carbons (Fsp3) is 0.368. The highest BCUT2D eigenvalue weighted by molar-refractivity contribution is 5.31. The lowest BCUT2D eigenvalue weighted by Crippen LogP contribution is -2.40. The fourth-order valence-corrected chi connectivity index (χ4v) is 5.46. The summed E-state index contributed by atoms with van der Waals surface area (Å²) in [6, 6.07) is 38.0. The second-order valence-electron chi connectivity index (χ2n) is 11.2. The van der Waals surface area contributed by atoms with E-state index in [9.17, 15) is 0 Å². The Kier molecular flexibility index (Phi) is 12.7. The van der Waals surface area contributed by atoms with Crippen LogP contribution in [0.15, 0.2) is 109 Å². The van der Waals surface area contributed by atoms with Crippen molar-refractivity contribution in [1.29, 1.82) is 0 Å². The van der Waals surface area contributed by atoms with Crippen molar-refractivity contribution in [2.45, 2.75) is 57.5 Å². The molecule has 0 saturated carbocycles. The van der Waals surface area contributed by atoms with Gasteiger partial charge >= 0.3 is 0 Å². The molecule has 0 bridgehead atoms. The van der Waals surface area contributed by atoms with Crippen LogP contribution in [0.5, 0.6) is 5.75 Å². The zero-order valence-corrected chi connectivity index (χ0v) is 25.2. The van der Waals surface area contributed by atoms with Crippen LogP contribution < -0.4 is 10.1 Å². The van der Waals surface area contributed by atoms with E-state index in [4.69, 9.17) is 18.9 Å². The maximum absolute atomic E-state index is 6.46. The Morgan fingerprint density at radius 1 is 0.581 bits per heavy atom. The number of benzene rings is 4. The van der Waals surface area contributed by atoms with Crippen molar-refractivity contribution < 1.29 is 18.9 Å². The van der Waals surface area contributed by atoms with Gasteiger partial charge in [0.25, 0.3) is 0 Å². The minimum absolute atomic E-state index is 0.134. The molecule has 1 fully saturated rings. The Morgan fingerprint density at radius 3 is 1.88 bits per heavy atom. The smallest absolute Gasteiger partial charge is 0.119 e. The summed E-state index contributed by atoms with van der Waals surface area (Å²) in [5.41, 5.74) is 6.26. The number of hydrogen-bond acceptors (Lipinski definition) is 5. The van der Waals surface area contributed by atoms with Crippen LogP contribution in [0.2, 0.25) is 0 Å². The van der Waals surface area contributed by atoms with E-state index < -0.39 is 0 Å². The molecule has 0 radical (unpaired) electrons. The van der Waals surface area contributed by atoms with Gasteiger partial charge in [0.05, 0.1) is 39.1 Å². The van der Waals surface area contributed by atoms with Crippen LogP contribution in [0.3, 0.4) is 0 Å². The van der Waals surface area contributed by atoms with Crippen molar-refractivity contribution in [2.75, 3.05) is 32.9 Å². The molecule has 0 amide bonds. The topological polar surface area (TPSA) is 49.0 Å². The summed E-state index contributed by atoms with van der Waals surface area (Å²) >= 11 is 0. The van der Waals surface area contributed by atoms with Gasteiger partial charge in [-0.2, -0.15) is 0 Å². The van der Waals surface area contributed by atoms with E-state index in [0.717, 1.165) is 51.1 Å².